The van der Waals surface area contributed by atoms with Crippen molar-refractivity contribution in [2.24, 2.45) is 5.92 Å². The van der Waals surface area contributed by atoms with Crippen LogP contribution in [0.2, 0.25) is 0 Å². The summed E-state index contributed by atoms with van der Waals surface area (Å²) in [4.78, 5) is 15.8. The molecule has 6 rings (SSSR count). The molecule has 5 heterocycles. The number of aromatic nitrogens is 4. The van der Waals surface area contributed by atoms with Crippen LogP contribution in [0, 0.1) is 5.92 Å². The number of hydrogen-bond acceptors (Lipinski definition) is 6. The first-order chi connectivity index (χ1) is 14.1. The molecular weight excluding hydrogens is 432 g/mol. The molecule has 7 nitrogen and oxygen atoms in total. The van der Waals surface area contributed by atoms with Crippen molar-refractivity contribution in [2.75, 3.05) is 32.0 Å². The number of fused-ring (bicyclic) bond motifs is 4. The van der Waals surface area contributed by atoms with Gasteiger partial charge in [0.1, 0.15) is 0 Å². The number of halogens is 1. The number of nitrogen functional groups attached to an aromatic ring is 1. The van der Waals surface area contributed by atoms with Gasteiger partial charge in [-0.15, -0.1) is 0 Å². The van der Waals surface area contributed by atoms with Gasteiger partial charge in [0.25, 0.3) is 0 Å². The Labute approximate surface area is 178 Å². The van der Waals surface area contributed by atoms with Crippen molar-refractivity contribution in [1.29, 1.82) is 0 Å². The molecule has 2 N–H and O–H groups in total. The number of nitrogens with zero attached hydrogens (tertiary/aromatic N) is 5. The Balaban J connectivity index is 1.41. The topological polar surface area (TPSA) is 82.1 Å². The highest BCUT2D eigenvalue weighted by Gasteiger charge is 2.34. The molecule has 1 atom stereocenters. The third-order valence-electron chi connectivity index (χ3n) is 6.23. The Morgan fingerprint density at radius 2 is 1.90 bits per heavy atom. The largest absolute Gasteiger partial charge is 0.464 e. The molecule has 1 unspecified atom stereocenters. The molecule has 152 valence electrons. The molecule has 3 aliphatic rings. The molecule has 3 aliphatic heterocycles. The Bertz CT molecular complexity index is 1030. The zero-order valence-corrected chi connectivity index (χ0v) is 18.1. The minimum absolute atomic E-state index is 0.281. The lowest BCUT2D eigenvalue weighted by molar-refractivity contribution is 0.0871. The van der Waals surface area contributed by atoms with Gasteiger partial charge in [0.2, 0.25) is 0 Å². The molecule has 29 heavy (non-hydrogen) atoms. The number of hydrogen-bond donors (Lipinski definition) is 1. The van der Waals surface area contributed by atoms with Gasteiger partial charge < -0.3 is 15.4 Å². The van der Waals surface area contributed by atoms with Crippen LogP contribution in [0.25, 0.3) is 11.2 Å². The molecule has 3 fully saturated rings. The van der Waals surface area contributed by atoms with Gasteiger partial charge in [-0.3, -0.25) is 4.57 Å². The zero-order valence-electron chi connectivity index (χ0n) is 16.5. The predicted molar refractivity (Wildman–Crippen MR) is 116 cm³/mol. The quantitative estimate of drug-likeness (QED) is 0.592. The van der Waals surface area contributed by atoms with Crippen molar-refractivity contribution in [2.45, 2.75) is 32.2 Å². The number of rotatable bonds is 5. The highest BCUT2D eigenvalue weighted by Crippen LogP contribution is 2.39. The standard InChI is InChI=1S/C21H25BrN6O/c1-2-29-21-25-18(23)17-19(26-21)28(20(22)24-17)11-13-3-5-14(6-4-13)16-12-27-9-7-15(16)8-10-27/h3-6,15-16H,2,7-12H2,1H3,(H2,23,25,26). The zero-order chi connectivity index (χ0) is 20.0. The van der Waals surface area contributed by atoms with E-state index in [0.29, 0.717) is 40.8 Å². The summed E-state index contributed by atoms with van der Waals surface area (Å²) >= 11 is 3.55. The van der Waals surface area contributed by atoms with Gasteiger partial charge in [-0.2, -0.15) is 9.97 Å². The van der Waals surface area contributed by atoms with E-state index in [2.05, 4.69) is 60.0 Å². The van der Waals surface area contributed by atoms with Gasteiger partial charge in [0, 0.05) is 6.54 Å². The van der Waals surface area contributed by atoms with Crippen LogP contribution in [0.3, 0.4) is 0 Å². The van der Waals surface area contributed by atoms with E-state index in [9.17, 15) is 0 Å². The molecule has 0 spiro atoms. The molecule has 0 aliphatic carbocycles. The van der Waals surface area contributed by atoms with Crippen LogP contribution in [0.4, 0.5) is 5.82 Å². The van der Waals surface area contributed by atoms with Gasteiger partial charge in [0.15, 0.2) is 21.7 Å². The Kier molecular flexibility index (Phi) is 4.91. The van der Waals surface area contributed by atoms with E-state index in [1.807, 2.05) is 11.5 Å². The number of anilines is 1. The highest BCUT2D eigenvalue weighted by molar-refractivity contribution is 9.10. The lowest BCUT2D eigenvalue weighted by Crippen LogP contribution is -2.46. The van der Waals surface area contributed by atoms with Crippen molar-refractivity contribution < 1.29 is 4.74 Å². The number of benzene rings is 1. The predicted octanol–water partition coefficient (Wildman–Crippen LogP) is 3.43. The van der Waals surface area contributed by atoms with E-state index in [0.717, 1.165) is 5.92 Å². The molecule has 0 amide bonds. The van der Waals surface area contributed by atoms with Crippen molar-refractivity contribution >= 4 is 32.9 Å². The first-order valence-corrected chi connectivity index (χ1v) is 11.0. The fourth-order valence-corrected chi connectivity index (χ4v) is 5.17. The number of imidazole rings is 1. The molecule has 0 radical (unpaired) electrons. The maximum atomic E-state index is 6.06. The summed E-state index contributed by atoms with van der Waals surface area (Å²) in [7, 11) is 0. The van der Waals surface area contributed by atoms with E-state index in [1.165, 1.54) is 43.6 Å². The van der Waals surface area contributed by atoms with Gasteiger partial charge in [0.05, 0.1) is 13.2 Å². The smallest absolute Gasteiger partial charge is 0.320 e. The second-order valence-corrected chi connectivity index (χ2v) is 8.66. The van der Waals surface area contributed by atoms with E-state index >= 15 is 0 Å². The molecule has 2 aromatic heterocycles. The van der Waals surface area contributed by atoms with Crippen molar-refractivity contribution in [3.63, 3.8) is 0 Å². The molecule has 3 saturated heterocycles. The van der Waals surface area contributed by atoms with E-state index in [4.69, 9.17) is 10.5 Å². The third kappa shape index (κ3) is 3.48. The summed E-state index contributed by atoms with van der Waals surface area (Å²) in [5.74, 6) is 1.85. The lowest BCUT2D eigenvalue weighted by Gasteiger charge is -2.45. The first-order valence-electron chi connectivity index (χ1n) is 10.3. The Morgan fingerprint density at radius 3 is 2.55 bits per heavy atom. The number of nitrogens with two attached hydrogens (primary N) is 1. The summed E-state index contributed by atoms with van der Waals surface area (Å²) in [6.07, 6.45) is 2.67. The Morgan fingerprint density at radius 1 is 1.14 bits per heavy atom. The van der Waals surface area contributed by atoms with E-state index in [1.54, 1.807) is 0 Å². The van der Waals surface area contributed by atoms with Crippen LogP contribution in [-0.2, 0) is 6.54 Å². The number of piperidine rings is 3. The summed E-state index contributed by atoms with van der Waals surface area (Å²) in [5.41, 5.74) is 9.99. The van der Waals surface area contributed by atoms with Crippen LogP contribution in [0.5, 0.6) is 6.01 Å². The maximum absolute atomic E-state index is 6.06. The van der Waals surface area contributed by atoms with Crippen LogP contribution < -0.4 is 10.5 Å². The Hall–Kier alpha value is -2.19. The first kappa shape index (κ1) is 18.8. The summed E-state index contributed by atoms with van der Waals surface area (Å²) < 4.78 is 8.14. The van der Waals surface area contributed by atoms with Crippen LogP contribution >= 0.6 is 15.9 Å². The van der Waals surface area contributed by atoms with Crippen LogP contribution in [0.1, 0.15) is 36.8 Å². The van der Waals surface area contributed by atoms with E-state index in [-0.39, 0.29) is 6.01 Å². The van der Waals surface area contributed by atoms with Gasteiger partial charge >= 0.3 is 6.01 Å². The average Bonchev–Trinajstić information content (AvgIpc) is 3.06. The maximum Gasteiger partial charge on any atom is 0.320 e. The highest BCUT2D eigenvalue weighted by atomic mass is 79.9. The SMILES string of the molecule is CCOc1nc(N)c2nc(Br)n(Cc3ccc(C4CN5CCC4CC5)cc3)c2n1. The van der Waals surface area contributed by atoms with Gasteiger partial charge in [-0.05, 0) is 71.7 Å². The normalized spacial score (nSPS) is 23.6. The lowest BCUT2D eigenvalue weighted by atomic mass is 9.75. The minimum atomic E-state index is 0.281. The molecule has 0 saturated carbocycles. The number of ether oxygens (including phenoxy) is 1. The molecular formula is C21H25BrN6O. The van der Waals surface area contributed by atoms with Crippen LogP contribution in [-0.4, -0.2) is 50.7 Å². The second kappa shape index (κ2) is 7.57. The molecule has 8 heteroatoms. The minimum Gasteiger partial charge on any atom is -0.464 e. The fraction of sp³-hybridized carbons (Fsp3) is 0.476. The molecule has 1 aromatic carbocycles. The molecule has 3 aromatic rings. The third-order valence-corrected chi connectivity index (χ3v) is 6.84. The second-order valence-electron chi connectivity index (χ2n) is 7.95. The fourth-order valence-electron chi connectivity index (χ4n) is 4.70. The van der Waals surface area contributed by atoms with Crippen molar-refractivity contribution in [3.05, 3.63) is 40.1 Å². The van der Waals surface area contributed by atoms with Gasteiger partial charge in [-0.1, -0.05) is 24.3 Å². The van der Waals surface area contributed by atoms with Gasteiger partial charge in [-0.25, -0.2) is 4.98 Å². The molecule has 2 bridgehead atoms. The summed E-state index contributed by atoms with van der Waals surface area (Å²) in [6.45, 7) is 6.79. The summed E-state index contributed by atoms with van der Waals surface area (Å²) in [5, 5.41) is 0. The summed E-state index contributed by atoms with van der Waals surface area (Å²) in [6, 6.07) is 9.32. The van der Waals surface area contributed by atoms with Crippen molar-refractivity contribution in [1.82, 2.24) is 24.4 Å². The monoisotopic (exact) mass is 456 g/mol. The average molecular weight is 457 g/mol. The van der Waals surface area contributed by atoms with Crippen LogP contribution in [0.15, 0.2) is 29.0 Å². The van der Waals surface area contributed by atoms with Crippen molar-refractivity contribution in [3.8, 4) is 6.01 Å². The van der Waals surface area contributed by atoms with E-state index < -0.39 is 0 Å².